The number of nitrogens with zero attached hydrogens (tertiary/aromatic N) is 2. The van der Waals surface area contributed by atoms with Crippen molar-refractivity contribution in [2.45, 2.75) is 31.9 Å². The van der Waals surface area contributed by atoms with Crippen LogP contribution in [0.2, 0.25) is 0 Å². The number of anilines is 3. The number of para-hydroxylation sites is 1. The summed E-state index contributed by atoms with van der Waals surface area (Å²) >= 11 is 0. The summed E-state index contributed by atoms with van der Waals surface area (Å²) in [5, 5.41) is 14.8. The number of ether oxygens (including phenoxy) is 1. The summed E-state index contributed by atoms with van der Waals surface area (Å²) in [4.78, 5) is 38.1. The van der Waals surface area contributed by atoms with Gasteiger partial charge in [0.25, 0.3) is 10.9 Å². The lowest BCUT2D eigenvalue weighted by molar-refractivity contribution is -0.138. The number of hydrazine groups is 1. The van der Waals surface area contributed by atoms with Gasteiger partial charge in [-0.15, -0.1) is 0 Å². The number of nitrogens with one attached hydrogen (secondary N) is 2. The molecule has 2 atom stereocenters. The molecule has 3 aromatic carbocycles. The van der Waals surface area contributed by atoms with E-state index in [-0.39, 0.29) is 30.1 Å². The summed E-state index contributed by atoms with van der Waals surface area (Å²) in [6.07, 6.45) is 10.1. The minimum absolute atomic E-state index is 0.0322. The summed E-state index contributed by atoms with van der Waals surface area (Å²) in [6, 6.07) is 17.4. The first-order valence-corrected chi connectivity index (χ1v) is 12.8. The molecule has 200 valence electrons. The zero-order chi connectivity index (χ0) is 27.5. The first-order valence-electron chi connectivity index (χ1n) is 12.8. The van der Waals surface area contributed by atoms with E-state index in [0.717, 1.165) is 16.9 Å². The van der Waals surface area contributed by atoms with E-state index in [1.165, 1.54) is 0 Å². The molecule has 9 nitrogen and oxygen atoms in total. The van der Waals surface area contributed by atoms with Crippen LogP contribution in [-0.4, -0.2) is 41.4 Å². The van der Waals surface area contributed by atoms with E-state index in [1.807, 2.05) is 42.5 Å². The van der Waals surface area contributed by atoms with Gasteiger partial charge >= 0.3 is 5.97 Å². The molecule has 0 bridgehead atoms. The molecule has 0 radical (unpaired) electrons. The van der Waals surface area contributed by atoms with Crippen molar-refractivity contribution >= 4 is 23.0 Å². The molecule has 39 heavy (non-hydrogen) atoms. The highest BCUT2D eigenvalue weighted by Gasteiger charge is 2.29. The Labute approximate surface area is 226 Å². The van der Waals surface area contributed by atoms with Gasteiger partial charge in [0, 0.05) is 24.1 Å². The lowest BCUT2D eigenvalue weighted by Gasteiger charge is -2.41. The second-order valence-electron chi connectivity index (χ2n) is 9.77. The number of aliphatic carboxylic acids is 1. The fourth-order valence-corrected chi connectivity index (χ4v) is 4.69. The third-order valence-corrected chi connectivity index (χ3v) is 6.65. The summed E-state index contributed by atoms with van der Waals surface area (Å²) < 4.78 is 5.41. The quantitative estimate of drug-likeness (QED) is 0.339. The third-order valence-electron chi connectivity index (χ3n) is 6.65. The number of allylic oxidation sites excluding steroid dienone is 2. The van der Waals surface area contributed by atoms with Crippen LogP contribution >= 0.6 is 0 Å². The number of carboxylic acids is 1. The lowest BCUT2D eigenvalue weighted by Crippen LogP contribution is -2.49. The predicted molar refractivity (Wildman–Crippen MR) is 152 cm³/mol. The van der Waals surface area contributed by atoms with Crippen LogP contribution in [0.1, 0.15) is 25.3 Å². The number of carbonyl (C=O) groups is 1. The van der Waals surface area contributed by atoms with Crippen molar-refractivity contribution in [3.8, 4) is 5.75 Å². The first-order chi connectivity index (χ1) is 18.8. The minimum atomic E-state index is -1.04. The lowest BCUT2D eigenvalue weighted by atomic mass is 9.98. The Hall–Kier alpha value is -4.63. The Bertz CT molecular complexity index is 1500. The standard InChI is InChI=1S/C30H30N4O5/c1-19(2)39-29-26(27(35)28(29)36)31-16-24(30(37)38)20-12-14-22(15-13-20)32-34-18-33(23-9-4-3-5-10-23)17-21-8-6-7-11-25(21)34/h3-15,17,19,24-25,31-32H,16,18H2,1-2H3,(H,37,38)/t24?,25-/m0/s1. The maximum Gasteiger partial charge on any atom is 0.312 e. The molecule has 1 unspecified atom stereocenters. The van der Waals surface area contributed by atoms with Crippen molar-refractivity contribution in [2.75, 3.05) is 28.9 Å². The number of hydrogen-bond acceptors (Lipinski definition) is 8. The van der Waals surface area contributed by atoms with Gasteiger partial charge in [-0.05, 0) is 49.2 Å². The van der Waals surface area contributed by atoms with Gasteiger partial charge in [0.05, 0.1) is 24.7 Å². The van der Waals surface area contributed by atoms with E-state index >= 15 is 0 Å². The highest BCUT2D eigenvalue weighted by Crippen LogP contribution is 2.29. The van der Waals surface area contributed by atoms with Crippen LogP contribution in [0.25, 0.3) is 0 Å². The zero-order valence-corrected chi connectivity index (χ0v) is 21.7. The van der Waals surface area contributed by atoms with Crippen molar-refractivity contribution in [3.63, 3.8) is 0 Å². The Morgan fingerprint density at radius 1 is 1.05 bits per heavy atom. The molecule has 3 aromatic rings. The fourth-order valence-electron chi connectivity index (χ4n) is 4.69. The van der Waals surface area contributed by atoms with Crippen LogP contribution in [0.15, 0.2) is 100 Å². The second-order valence-corrected chi connectivity index (χ2v) is 9.77. The molecule has 1 aliphatic heterocycles. The summed E-state index contributed by atoms with van der Waals surface area (Å²) in [7, 11) is 0. The van der Waals surface area contributed by atoms with Crippen molar-refractivity contribution < 1.29 is 14.6 Å². The molecule has 0 amide bonds. The summed E-state index contributed by atoms with van der Waals surface area (Å²) in [5.41, 5.74) is 5.72. The molecular formula is C30H30N4O5. The van der Waals surface area contributed by atoms with E-state index in [4.69, 9.17) is 4.74 Å². The van der Waals surface area contributed by atoms with Crippen LogP contribution in [0.3, 0.4) is 0 Å². The van der Waals surface area contributed by atoms with Gasteiger partial charge in [-0.25, -0.2) is 0 Å². The van der Waals surface area contributed by atoms with Crippen molar-refractivity contribution in [1.29, 1.82) is 0 Å². The average Bonchev–Trinajstić information content (AvgIpc) is 2.95. The fraction of sp³-hybridized carbons (Fsp3) is 0.233. The van der Waals surface area contributed by atoms with Gasteiger partial charge in [0.15, 0.2) is 5.75 Å². The Balaban J connectivity index is 1.29. The molecular weight excluding hydrogens is 496 g/mol. The maximum absolute atomic E-state index is 12.1. The number of benzene rings is 2. The van der Waals surface area contributed by atoms with Crippen LogP contribution in [0.4, 0.5) is 17.1 Å². The number of rotatable bonds is 10. The Morgan fingerprint density at radius 3 is 2.49 bits per heavy atom. The van der Waals surface area contributed by atoms with Gasteiger partial charge in [-0.2, -0.15) is 5.01 Å². The SMILES string of the molecule is CC(C)Oc1c(NCC(C(=O)O)c2ccc(NN3CN(c4ccccc4)C=C4C=CC=C[C@@H]43)cc2)c(=O)c1=O. The molecule has 3 N–H and O–H groups in total. The average molecular weight is 527 g/mol. The van der Waals surface area contributed by atoms with Crippen LogP contribution in [-0.2, 0) is 4.79 Å². The normalized spacial score (nSPS) is 17.6. The van der Waals surface area contributed by atoms with Gasteiger partial charge in [0.2, 0.25) is 0 Å². The molecule has 0 spiro atoms. The largest absolute Gasteiger partial charge is 0.485 e. The highest BCUT2D eigenvalue weighted by atomic mass is 16.5. The third kappa shape index (κ3) is 5.49. The topological polar surface area (TPSA) is 111 Å². The second kappa shape index (κ2) is 11.0. The smallest absolute Gasteiger partial charge is 0.312 e. The number of carboxylic acid groups (broad SMARTS) is 1. The van der Waals surface area contributed by atoms with Crippen LogP contribution in [0, 0.1) is 0 Å². The Kier molecular flexibility index (Phi) is 7.33. The van der Waals surface area contributed by atoms with E-state index < -0.39 is 22.7 Å². The molecule has 2 aliphatic rings. The van der Waals surface area contributed by atoms with Crippen molar-refractivity contribution in [3.05, 3.63) is 117 Å². The first kappa shape index (κ1) is 26.0. The summed E-state index contributed by atoms with van der Waals surface area (Å²) in [6.45, 7) is 4.03. The van der Waals surface area contributed by atoms with Crippen molar-refractivity contribution in [1.82, 2.24) is 5.01 Å². The van der Waals surface area contributed by atoms with Gasteiger partial charge in [-0.3, -0.25) is 14.4 Å². The molecule has 5 rings (SSSR count). The Morgan fingerprint density at radius 2 is 1.79 bits per heavy atom. The van der Waals surface area contributed by atoms with E-state index in [2.05, 4.69) is 51.1 Å². The number of fused-ring (bicyclic) bond motifs is 1. The van der Waals surface area contributed by atoms with E-state index in [1.54, 1.807) is 26.0 Å². The zero-order valence-electron chi connectivity index (χ0n) is 21.7. The van der Waals surface area contributed by atoms with Gasteiger partial charge in [-0.1, -0.05) is 54.6 Å². The van der Waals surface area contributed by atoms with Crippen molar-refractivity contribution in [2.24, 2.45) is 0 Å². The predicted octanol–water partition coefficient (Wildman–Crippen LogP) is 3.84. The monoisotopic (exact) mass is 526 g/mol. The molecule has 0 fully saturated rings. The molecule has 9 heteroatoms. The highest BCUT2D eigenvalue weighted by molar-refractivity contribution is 5.77. The van der Waals surface area contributed by atoms with Gasteiger partial charge < -0.3 is 25.5 Å². The molecule has 0 saturated heterocycles. The minimum Gasteiger partial charge on any atom is -0.485 e. The molecule has 0 aromatic heterocycles. The van der Waals surface area contributed by atoms with E-state index in [9.17, 15) is 19.5 Å². The van der Waals surface area contributed by atoms with Crippen LogP contribution in [0.5, 0.6) is 5.75 Å². The van der Waals surface area contributed by atoms with E-state index in [0.29, 0.717) is 12.2 Å². The molecule has 1 aliphatic carbocycles. The number of hydrogen-bond donors (Lipinski definition) is 3. The molecule has 1 heterocycles. The maximum atomic E-state index is 12.1. The van der Waals surface area contributed by atoms with Gasteiger partial charge in [0.1, 0.15) is 5.69 Å². The molecule has 0 saturated carbocycles. The van der Waals surface area contributed by atoms with Crippen LogP contribution < -0.4 is 31.2 Å². The summed E-state index contributed by atoms with van der Waals surface area (Å²) in [5.74, 6) is -2.01.